The third-order valence-corrected chi connectivity index (χ3v) is 17.9. The molecule has 1 amide bonds. The van der Waals surface area contributed by atoms with E-state index in [0.29, 0.717) is 25.9 Å². The molecule has 0 fully saturated rings. The molecular formula is C78H149NO5. The first-order chi connectivity index (χ1) is 41.5. The summed E-state index contributed by atoms with van der Waals surface area (Å²) in [6.07, 6.45) is 95.1. The van der Waals surface area contributed by atoms with Crippen molar-refractivity contribution in [2.24, 2.45) is 0 Å². The highest BCUT2D eigenvalue weighted by Crippen LogP contribution is 2.19. The summed E-state index contributed by atoms with van der Waals surface area (Å²) in [5, 5.41) is 23.4. The fraction of sp³-hybridized carbons (Fsp3) is 0.897. The monoisotopic (exact) mass is 1180 g/mol. The summed E-state index contributed by atoms with van der Waals surface area (Å²) >= 11 is 0. The lowest BCUT2D eigenvalue weighted by Crippen LogP contribution is -2.45. The molecule has 6 heteroatoms. The number of amides is 1. The van der Waals surface area contributed by atoms with Gasteiger partial charge >= 0.3 is 5.97 Å². The predicted octanol–water partition coefficient (Wildman–Crippen LogP) is 25.0. The molecule has 2 unspecified atom stereocenters. The molecule has 0 aromatic heterocycles. The van der Waals surface area contributed by atoms with Gasteiger partial charge < -0.3 is 20.3 Å². The maximum absolute atomic E-state index is 12.5. The Kier molecular flexibility index (Phi) is 71.9. The maximum Gasteiger partial charge on any atom is 0.305 e. The molecule has 0 aromatic rings. The Morgan fingerprint density at radius 3 is 0.929 bits per heavy atom. The third-order valence-electron chi connectivity index (χ3n) is 17.9. The van der Waals surface area contributed by atoms with Gasteiger partial charge in [0, 0.05) is 12.8 Å². The third kappa shape index (κ3) is 69.2. The standard InChI is InChI=1S/C78H149NO5/c1-3-5-7-9-11-13-15-17-19-21-39-42-46-50-54-58-62-66-70-76(81)75(74-80)79-77(82)71-67-63-59-55-51-47-43-40-37-35-33-31-29-27-25-23-22-24-26-28-30-32-34-36-38-41-45-49-53-57-61-65-69-73-84-78(83)72-68-64-60-56-52-48-44-20-18-16-14-12-10-8-6-4-2/h14,16,20,26,28,44,75-76,80-81H,3-13,15,17-19,21-25,27,29-43,45-74H2,1-2H3,(H,79,82)/b16-14-,28-26-,44-20-. The number of unbranched alkanes of at least 4 members (excludes halogenated alkanes) is 55. The Morgan fingerprint density at radius 1 is 0.333 bits per heavy atom. The smallest absolute Gasteiger partial charge is 0.305 e. The molecule has 0 saturated heterocycles. The molecule has 2 atom stereocenters. The Hall–Kier alpha value is -1.92. The van der Waals surface area contributed by atoms with Gasteiger partial charge in [0.1, 0.15) is 0 Å². The molecule has 0 aliphatic heterocycles. The summed E-state index contributed by atoms with van der Waals surface area (Å²) in [5.41, 5.74) is 0. The van der Waals surface area contributed by atoms with Crippen LogP contribution in [0.2, 0.25) is 0 Å². The number of allylic oxidation sites excluding steroid dienone is 6. The summed E-state index contributed by atoms with van der Waals surface area (Å²) in [6, 6.07) is -0.540. The van der Waals surface area contributed by atoms with E-state index in [1.54, 1.807) is 0 Å². The first-order valence-corrected chi connectivity index (χ1v) is 38.2. The lowest BCUT2D eigenvalue weighted by atomic mass is 10.0. The van der Waals surface area contributed by atoms with Crippen molar-refractivity contribution in [3.63, 3.8) is 0 Å². The van der Waals surface area contributed by atoms with Crippen LogP contribution in [-0.4, -0.2) is 47.4 Å². The first-order valence-electron chi connectivity index (χ1n) is 38.2. The van der Waals surface area contributed by atoms with Crippen molar-refractivity contribution in [3.05, 3.63) is 36.5 Å². The van der Waals surface area contributed by atoms with Gasteiger partial charge in [-0.15, -0.1) is 0 Å². The molecule has 0 radical (unpaired) electrons. The minimum atomic E-state index is -0.663. The number of ether oxygens (including phenoxy) is 1. The zero-order valence-corrected chi connectivity index (χ0v) is 56.9. The highest BCUT2D eigenvalue weighted by Gasteiger charge is 2.20. The SMILES string of the molecule is CCCCCC/C=C\C/C=C\CCCCCCCC(=O)OCCCCCCCCCCCCCC/C=C\CCCCCCCCCCCCCCCCCCCC(=O)NC(CO)C(O)CCCCCCCCCCCCCCCCCCCC. The van der Waals surface area contributed by atoms with Gasteiger partial charge in [-0.2, -0.15) is 0 Å². The summed E-state index contributed by atoms with van der Waals surface area (Å²) in [7, 11) is 0. The zero-order valence-electron chi connectivity index (χ0n) is 56.9. The van der Waals surface area contributed by atoms with E-state index in [1.807, 2.05) is 0 Å². The number of carbonyl (C=O) groups is 2. The van der Waals surface area contributed by atoms with Gasteiger partial charge in [-0.05, 0) is 83.5 Å². The van der Waals surface area contributed by atoms with Crippen molar-refractivity contribution in [2.75, 3.05) is 13.2 Å². The van der Waals surface area contributed by atoms with Gasteiger partial charge in [0.25, 0.3) is 0 Å². The number of hydrogen-bond donors (Lipinski definition) is 3. The van der Waals surface area contributed by atoms with E-state index in [9.17, 15) is 19.8 Å². The van der Waals surface area contributed by atoms with Crippen molar-refractivity contribution in [1.29, 1.82) is 0 Å². The van der Waals surface area contributed by atoms with E-state index in [2.05, 4.69) is 55.6 Å². The Balaban J connectivity index is 3.35. The van der Waals surface area contributed by atoms with E-state index in [0.717, 1.165) is 51.4 Å². The number of aliphatic hydroxyl groups excluding tert-OH is 2. The van der Waals surface area contributed by atoms with Crippen LogP contribution < -0.4 is 5.32 Å². The Labute approximate surface area is 525 Å². The molecule has 0 saturated carbocycles. The molecule has 0 aliphatic rings. The van der Waals surface area contributed by atoms with E-state index in [1.165, 1.54) is 340 Å². The van der Waals surface area contributed by atoms with E-state index < -0.39 is 12.1 Å². The number of hydrogen-bond acceptors (Lipinski definition) is 5. The summed E-state index contributed by atoms with van der Waals surface area (Å²) in [4.78, 5) is 24.6. The van der Waals surface area contributed by atoms with Crippen molar-refractivity contribution < 1.29 is 24.5 Å². The van der Waals surface area contributed by atoms with Crippen LogP contribution in [0.25, 0.3) is 0 Å². The summed E-state index contributed by atoms with van der Waals surface area (Å²) < 4.78 is 5.49. The molecule has 6 nitrogen and oxygen atoms in total. The van der Waals surface area contributed by atoms with Gasteiger partial charge in [-0.1, -0.05) is 365 Å². The van der Waals surface area contributed by atoms with Crippen molar-refractivity contribution in [2.45, 2.75) is 437 Å². The fourth-order valence-electron chi connectivity index (χ4n) is 12.1. The molecule has 496 valence electrons. The van der Waals surface area contributed by atoms with Crippen LogP contribution in [0.4, 0.5) is 0 Å². The second-order valence-electron chi connectivity index (χ2n) is 26.3. The van der Waals surface area contributed by atoms with Gasteiger partial charge in [0.2, 0.25) is 5.91 Å². The van der Waals surface area contributed by atoms with Crippen LogP contribution in [0.1, 0.15) is 425 Å². The molecule has 0 spiro atoms. The number of rotatable bonds is 72. The highest BCUT2D eigenvalue weighted by molar-refractivity contribution is 5.76. The minimum Gasteiger partial charge on any atom is -0.466 e. The quantitative estimate of drug-likeness (QED) is 0.0320. The van der Waals surface area contributed by atoms with Crippen LogP contribution in [0.5, 0.6) is 0 Å². The number of carbonyl (C=O) groups excluding carboxylic acids is 2. The second-order valence-corrected chi connectivity index (χ2v) is 26.3. The molecule has 0 aromatic carbocycles. The van der Waals surface area contributed by atoms with E-state index in [4.69, 9.17) is 4.74 Å². The topological polar surface area (TPSA) is 95.9 Å². The maximum atomic E-state index is 12.5. The number of esters is 1. The van der Waals surface area contributed by atoms with Crippen LogP contribution in [-0.2, 0) is 14.3 Å². The Morgan fingerprint density at radius 2 is 0.595 bits per heavy atom. The summed E-state index contributed by atoms with van der Waals surface area (Å²) in [6.45, 7) is 4.97. The second kappa shape index (κ2) is 73.5. The van der Waals surface area contributed by atoms with Gasteiger partial charge in [-0.25, -0.2) is 0 Å². The van der Waals surface area contributed by atoms with E-state index >= 15 is 0 Å². The van der Waals surface area contributed by atoms with Crippen LogP contribution >= 0.6 is 0 Å². The lowest BCUT2D eigenvalue weighted by molar-refractivity contribution is -0.143. The van der Waals surface area contributed by atoms with Crippen molar-refractivity contribution >= 4 is 11.9 Å². The zero-order chi connectivity index (χ0) is 60.6. The highest BCUT2D eigenvalue weighted by atomic mass is 16.5. The Bertz CT molecular complexity index is 1360. The average molecular weight is 1180 g/mol. The summed E-state index contributed by atoms with van der Waals surface area (Å²) in [5.74, 6) is -0.0221. The first kappa shape index (κ1) is 82.1. The van der Waals surface area contributed by atoms with Crippen LogP contribution in [0, 0.1) is 0 Å². The molecule has 0 bridgehead atoms. The molecule has 3 N–H and O–H groups in total. The largest absolute Gasteiger partial charge is 0.466 e. The van der Waals surface area contributed by atoms with E-state index in [-0.39, 0.29) is 18.5 Å². The normalized spacial score (nSPS) is 12.7. The molecule has 0 heterocycles. The fourth-order valence-corrected chi connectivity index (χ4v) is 12.1. The minimum absolute atomic E-state index is 0.00577. The molecule has 0 aliphatic carbocycles. The molecule has 84 heavy (non-hydrogen) atoms. The van der Waals surface area contributed by atoms with Gasteiger partial charge in [0.15, 0.2) is 0 Å². The van der Waals surface area contributed by atoms with Gasteiger partial charge in [0.05, 0.1) is 25.4 Å². The lowest BCUT2D eigenvalue weighted by Gasteiger charge is -2.22. The molecular weight excluding hydrogens is 1030 g/mol. The number of aliphatic hydroxyl groups is 2. The van der Waals surface area contributed by atoms with Crippen molar-refractivity contribution in [1.82, 2.24) is 5.32 Å². The van der Waals surface area contributed by atoms with Crippen molar-refractivity contribution in [3.8, 4) is 0 Å². The number of nitrogens with one attached hydrogen (secondary N) is 1. The van der Waals surface area contributed by atoms with Crippen LogP contribution in [0.15, 0.2) is 36.5 Å². The predicted molar refractivity (Wildman–Crippen MR) is 370 cm³/mol. The van der Waals surface area contributed by atoms with Crippen LogP contribution in [0.3, 0.4) is 0 Å². The molecule has 0 rings (SSSR count). The van der Waals surface area contributed by atoms with Gasteiger partial charge in [-0.3, -0.25) is 9.59 Å². The average Bonchev–Trinajstić information content (AvgIpc) is 3.51.